The van der Waals surface area contributed by atoms with Crippen LogP contribution in [0.25, 0.3) is 0 Å². The zero-order chi connectivity index (χ0) is 60.4. The number of benzene rings is 6. The van der Waals surface area contributed by atoms with Gasteiger partial charge in [0, 0.05) is 2.74 Å². The molecule has 2 unspecified atom stereocenters. The zero-order valence-electron chi connectivity index (χ0n) is 51.5. The molecule has 320 valence electrons. The summed E-state index contributed by atoms with van der Waals surface area (Å²) in [5.74, 6) is -1.86. The summed E-state index contributed by atoms with van der Waals surface area (Å²) in [6.07, 6.45) is -4.77. The number of para-hydroxylation sites is 8. The Labute approximate surface area is 385 Å². The average molecular weight is 866 g/mol. The maximum absolute atomic E-state index is 9.96. The molecule has 2 aliphatic rings. The lowest BCUT2D eigenvalue weighted by Gasteiger charge is -2.09. The van der Waals surface area contributed by atoms with Crippen molar-refractivity contribution in [1.29, 1.82) is 0 Å². The number of aromatic hydroxyl groups is 2. The van der Waals surface area contributed by atoms with Gasteiger partial charge in [0.2, 0.25) is 0 Å². The second-order valence-electron chi connectivity index (χ2n) is 11.0. The van der Waals surface area contributed by atoms with Crippen molar-refractivity contribution in [2.24, 2.45) is 0 Å². The van der Waals surface area contributed by atoms with Crippen LogP contribution in [0.1, 0.15) is 38.5 Å². The number of phenols is 2. The van der Waals surface area contributed by atoms with Gasteiger partial charge in [0.1, 0.15) is 25.9 Å². The van der Waals surface area contributed by atoms with Crippen molar-refractivity contribution in [3.8, 4) is 46.0 Å². The van der Waals surface area contributed by atoms with Gasteiger partial charge in [-0.2, -0.15) is 0 Å². The van der Waals surface area contributed by atoms with E-state index in [0.717, 1.165) is 11.1 Å². The fraction of sp³-hybridized carbons (Fsp3) is 0.250. The first kappa shape index (κ1) is 26.2. The molecule has 2 fully saturated rings. The number of methoxy groups -OCH3 is 3. The summed E-state index contributed by atoms with van der Waals surface area (Å²) in [6, 6.07) is 44.6. The quantitative estimate of drug-likeness (QED) is 0.0857. The maximum Gasteiger partial charge on any atom is 0.161 e. The van der Waals surface area contributed by atoms with Gasteiger partial charge >= 0.3 is 0 Å². The SMILES string of the molecule is Oc1ccccc1OCc1ccccc1.[2H]C([2H])(Cl)C1([2H])OC1([2H])[2H].[2H]C([2H])([2H])Oc1ccccc1O.[2H]C([2H])([2H])Oc1ccccc1OC([2H])([2H])C1([2H])OC1([2H])[2H].[2H]C([2H])([2H])Oc1ccccc1OCc1ccccc1.[2H]CF. The molecule has 12 heteroatoms. The lowest BCUT2D eigenvalue weighted by molar-refractivity contribution is 0.252. The van der Waals surface area contributed by atoms with Crippen LogP contribution < -0.4 is 28.4 Å². The highest BCUT2D eigenvalue weighted by Crippen LogP contribution is 2.28. The first-order chi connectivity index (χ1) is 36.9. The summed E-state index contributed by atoms with van der Waals surface area (Å²) >= 11 is 5.04. The number of epoxide rings is 2. The number of rotatable bonds is 13. The van der Waals surface area contributed by atoms with Crippen LogP contribution >= 0.6 is 11.6 Å². The van der Waals surface area contributed by atoms with E-state index < -0.39 is 65.9 Å². The van der Waals surface area contributed by atoms with Crippen LogP contribution in [0.4, 0.5) is 4.39 Å². The van der Waals surface area contributed by atoms with Crippen molar-refractivity contribution in [3.05, 3.63) is 169 Å². The smallest absolute Gasteiger partial charge is 0.161 e. The van der Waals surface area contributed by atoms with Gasteiger partial charge in [0.25, 0.3) is 0 Å². The van der Waals surface area contributed by atoms with Gasteiger partial charge in [-0.25, -0.2) is 0 Å². The molecule has 2 N–H and O–H groups in total. The minimum Gasteiger partial charge on any atom is -0.504 e. The highest BCUT2D eigenvalue weighted by Gasteiger charge is 2.23. The normalized spacial score (nSPS) is 23.8. The van der Waals surface area contributed by atoms with Crippen LogP contribution in [0.5, 0.6) is 46.0 Å². The number of halogens is 2. The fourth-order valence-corrected chi connectivity index (χ4v) is 4.18. The molecule has 2 heterocycles. The predicted molar refractivity (Wildman–Crippen MR) is 233 cm³/mol. The van der Waals surface area contributed by atoms with E-state index in [-0.39, 0.29) is 34.5 Å². The van der Waals surface area contributed by atoms with Crippen LogP contribution in [-0.2, 0) is 22.7 Å². The molecule has 0 spiro atoms. The standard InChI is InChI=1S/C14H14O2.C13H12O2.C10H12O3.C7H8O2.C3H5ClO.CH3F/c1-15-13-9-5-6-10-14(13)16-11-12-7-3-2-4-8-12;14-12-8-4-5-9-13(12)15-10-11-6-2-1-3-7-11;1-11-9-4-2-3-5-10(9)13-7-8-6-12-8;1-9-7-5-3-2-4-6(7)8;4-1-3-2-5-3;1-2/h2-10H,11H2,1H3;1-9,14H,10H2;2-5,8H,6-7H2,1H3;2-5,8H,1H3;3H,1-2H2;1H3/i1D3;;1D3,6D2,7D2,8D;1D3;1D2,2D2,3D;1D. The van der Waals surface area contributed by atoms with Gasteiger partial charge in [0.15, 0.2) is 46.0 Å². The summed E-state index contributed by atoms with van der Waals surface area (Å²) in [5, 5.41) is 18.6. The largest absolute Gasteiger partial charge is 0.504 e. The van der Waals surface area contributed by atoms with Crippen LogP contribution in [-0.4, -0.2) is 76.1 Å². The Morgan fingerprint density at radius 1 is 0.567 bits per heavy atom. The van der Waals surface area contributed by atoms with Crippen LogP contribution in [0.3, 0.4) is 0 Å². The third kappa shape index (κ3) is 19.5. The molecule has 0 bridgehead atoms. The van der Waals surface area contributed by atoms with Crippen molar-refractivity contribution in [2.45, 2.75) is 25.4 Å². The van der Waals surface area contributed by atoms with Crippen molar-refractivity contribution in [2.75, 3.05) is 53.8 Å². The van der Waals surface area contributed by atoms with Crippen LogP contribution in [0.2, 0.25) is 0 Å². The summed E-state index contributed by atoms with van der Waals surface area (Å²) in [5.41, 5.74) is 2.09. The summed E-state index contributed by atoms with van der Waals surface area (Å²) in [6.45, 7) is -6.75. The third-order valence-corrected chi connectivity index (χ3v) is 7.15. The Balaban J connectivity index is 0.000000265. The fourth-order valence-electron chi connectivity index (χ4n) is 4.10. The Hall–Kier alpha value is -6.14. The van der Waals surface area contributed by atoms with E-state index in [9.17, 15) is 9.50 Å². The van der Waals surface area contributed by atoms with Crippen molar-refractivity contribution in [1.82, 2.24) is 0 Å². The molecular formula is C48H54ClFO10. The topological polar surface area (TPSA) is 121 Å². The third-order valence-electron chi connectivity index (χ3n) is 6.98. The molecule has 2 saturated heterocycles. The molecule has 0 amide bonds. The van der Waals surface area contributed by atoms with E-state index in [1.807, 2.05) is 66.7 Å². The minimum absolute atomic E-state index is 0.0301. The van der Waals surface area contributed by atoms with E-state index in [2.05, 4.69) is 18.9 Å². The van der Waals surface area contributed by atoms with Gasteiger partial charge in [0.05, 0.1) is 78.0 Å². The molecule has 8 rings (SSSR count). The van der Waals surface area contributed by atoms with Gasteiger partial charge in [-0.1, -0.05) is 109 Å². The predicted octanol–water partition coefficient (Wildman–Crippen LogP) is 10.3. The van der Waals surface area contributed by atoms with Gasteiger partial charge in [-0.15, -0.1) is 11.6 Å². The lowest BCUT2D eigenvalue weighted by Crippen LogP contribution is -2.04. The number of phenolic OH excluding ortho intramolecular Hbond substituents is 2. The molecule has 0 radical (unpaired) electrons. The second kappa shape index (κ2) is 29.1. The number of hydrogen-bond acceptors (Lipinski definition) is 10. The molecule has 10 nitrogen and oxygen atoms in total. The molecule has 60 heavy (non-hydrogen) atoms. The zero-order valence-corrected chi connectivity index (χ0v) is 32.3. The van der Waals surface area contributed by atoms with Gasteiger partial charge in [-0.3, -0.25) is 4.39 Å². The van der Waals surface area contributed by atoms with E-state index in [1.165, 1.54) is 36.4 Å². The maximum atomic E-state index is 9.96. The molecule has 0 aliphatic carbocycles. The monoisotopic (exact) mass is 864 g/mol. The van der Waals surface area contributed by atoms with E-state index in [4.69, 9.17) is 63.1 Å². The first-order valence-electron chi connectivity index (χ1n) is 27.4. The molecule has 6 aromatic rings. The second-order valence-corrected chi connectivity index (χ2v) is 11.2. The Kier molecular flexibility index (Phi) is 12.7. The number of alkyl halides is 2. The van der Waals surface area contributed by atoms with E-state index >= 15 is 0 Å². The number of ether oxygens (including phenoxy) is 8. The Morgan fingerprint density at radius 3 is 1.32 bits per heavy atom. The number of hydrogen-bond donors (Lipinski definition) is 2. The minimum atomic E-state index is -2.84. The highest BCUT2D eigenvalue weighted by molar-refractivity contribution is 6.18. The van der Waals surface area contributed by atoms with Crippen LogP contribution in [0, 0.1) is 0 Å². The Bertz CT molecular complexity index is 2810. The molecule has 2 aliphatic heterocycles. The first-order valence-corrected chi connectivity index (χ1v) is 17.6. The summed E-state index contributed by atoms with van der Waals surface area (Å²) in [7, 11) is -8.75. The molecule has 6 aromatic carbocycles. The van der Waals surface area contributed by atoms with Crippen molar-refractivity contribution < 1.29 is 79.9 Å². The van der Waals surface area contributed by atoms with Crippen molar-refractivity contribution >= 4 is 11.6 Å². The highest BCUT2D eigenvalue weighted by atomic mass is 35.5. The molecule has 0 saturated carbocycles. The average Bonchev–Trinajstić information content (AvgIpc) is 4.29. The van der Waals surface area contributed by atoms with Gasteiger partial charge < -0.3 is 48.1 Å². The summed E-state index contributed by atoms with van der Waals surface area (Å²) in [4.78, 5) is 0. The van der Waals surface area contributed by atoms with E-state index in [1.54, 1.807) is 54.6 Å². The van der Waals surface area contributed by atoms with E-state index in [0.29, 0.717) is 24.7 Å². The molecular weight excluding hydrogens is 791 g/mol. The lowest BCUT2D eigenvalue weighted by atomic mass is 10.2. The summed E-state index contributed by atoms with van der Waals surface area (Å²) < 4.78 is 188. The molecule has 2 atom stereocenters. The Morgan fingerprint density at radius 2 is 0.917 bits per heavy atom. The van der Waals surface area contributed by atoms with Gasteiger partial charge in [-0.05, 0) is 59.7 Å². The van der Waals surface area contributed by atoms with Crippen molar-refractivity contribution in [3.63, 3.8) is 0 Å². The molecule has 0 aromatic heterocycles. The van der Waals surface area contributed by atoms with Crippen LogP contribution in [0.15, 0.2) is 158 Å².